The molecule has 3 rings (SSSR count). The van der Waals surface area contributed by atoms with Gasteiger partial charge in [-0.05, 0) is 55.8 Å². The summed E-state index contributed by atoms with van der Waals surface area (Å²) in [6.45, 7) is 4.09. The maximum Gasteiger partial charge on any atom is 0.256 e. The van der Waals surface area contributed by atoms with Gasteiger partial charge in [-0.2, -0.15) is 0 Å². The monoisotopic (exact) mass is 342 g/mol. The fourth-order valence-electron chi connectivity index (χ4n) is 2.76. The van der Waals surface area contributed by atoms with Crippen LogP contribution in [-0.2, 0) is 9.59 Å². The molecule has 0 saturated carbocycles. The highest BCUT2D eigenvalue weighted by Gasteiger charge is 2.39. The molecule has 0 radical (unpaired) electrons. The Labute approximate surface area is 145 Å². The first-order chi connectivity index (χ1) is 12.0. The number of nitrogens with zero attached hydrogens (tertiary/aromatic N) is 1. The highest BCUT2D eigenvalue weighted by molar-refractivity contribution is 6.23. The summed E-state index contributed by atoms with van der Waals surface area (Å²) in [4.78, 5) is 26.0. The van der Waals surface area contributed by atoms with E-state index in [4.69, 9.17) is 4.74 Å². The fourth-order valence-corrected chi connectivity index (χ4v) is 2.76. The number of hydrogen-bond acceptors (Lipinski definition) is 4. The summed E-state index contributed by atoms with van der Waals surface area (Å²) >= 11 is 0. The molecular formula is C19H19FN2O3. The van der Waals surface area contributed by atoms with Crippen LogP contribution in [0.3, 0.4) is 0 Å². The Morgan fingerprint density at radius 3 is 2.56 bits per heavy atom. The van der Waals surface area contributed by atoms with E-state index in [2.05, 4.69) is 5.32 Å². The first kappa shape index (κ1) is 17.0. The van der Waals surface area contributed by atoms with Crippen molar-refractivity contribution in [3.05, 3.63) is 53.8 Å². The van der Waals surface area contributed by atoms with Crippen LogP contribution >= 0.6 is 0 Å². The number of rotatable bonds is 5. The molecule has 0 aliphatic carbocycles. The molecule has 1 fully saturated rings. The van der Waals surface area contributed by atoms with Crippen LogP contribution in [-0.4, -0.2) is 24.5 Å². The molecule has 1 heterocycles. The van der Waals surface area contributed by atoms with Crippen LogP contribution in [0.15, 0.2) is 42.5 Å². The van der Waals surface area contributed by atoms with E-state index in [1.807, 2.05) is 6.92 Å². The zero-order chi connectivity index (χ0) is 18.0. The van der Waals surface area contributed by atoms with E-state index in [9.17, 15) is 14.0 Å². The second kappa shape index (κ2) is 6.93. The number of aryl methyl sites for hydroxylation is 1. The summed E-state index contributed by atoms with van der Waals surface area (Å²) in [5, 5.41) is 2.94. The Bertz CT molecular complexity index is 805. The number of halogens is 1. The Morgan fingerprint density at radius 1 is 1.20 bits per heavy atom. The summed E-state index contributed by atoms with van der Waals surface area (Å²) in [6.07, 6.45) is 0.0293. The van der Waals surface area contributed by atoms with Crippen LogP contribution in [0.25, 0.3) is 0 Å². The molecule has 0 aromatic heterocycles. The Balaban J connectivity index is 1.76. The van der Waals surface area contributed by atoms with Gasteiger partial charge in [-0.3, -0.25) is 9.59 Å². The number of anilines is 2. The van der Waals surface area contributed by atoms with Crippen LogP contribution < -0.4 is 15.0 Å². The van der Waals surface area contributed by atoms with Crippen molar-refractivity contribution in [2.45, 2.75) is 26.3 Å². The number of carbonyl (C=O) groups is 2. The lowest BCUT2D eigenvalue weighted by molar-refractivity contribution is -0.121. The molecule has 2 aromatic rings. The molecule has 1 saturated heterocycles. The van der Waals surface area contributed by atoms with Crippen molar-refractivity contribution in [2.75, 3.05) is 16.8 Å². The third-order valence-corrected chi connectivity index (χ3v) is 4.07. The quantitative estimate of drug-likeness (QED) is 0.847. The molecule has 1 aliphatic rings. The van der Waals surface area contributed by atoms with E-state index in [0.29, 0.717) is 29.3 Å². The van der Waals surface area contributed by atoms with Gasteiger partial charge in [0, 0.05) is 5.69 Å². The van der Waals surface area contributed by atoms with Crippen molar-refractivity contribution in [1.29, 1.82) is 0 Å². The SMILES string of the molecule is CCOc1ccc(N2C(=O)C[C@@H](Nc3ccc(C)c(F)c3)C2=O)cc1. The van der Waals surface area contributed by atoms with Gasteiger partial charge in [0.1, 0.15) is 17.6 Å². The van der Waals surface area contributed by atoms with Crippen molar-refractivity contribution in [3.63, 3.8) is 0 Å². The average Bonchev–Trinajstić information content (AvgIpc) is 2.86. The molecule has 0 spiro atoms. The second-order valence-corrected chi connectivity index (χ2v) is 5.86. The first-order valence-corrected chi connectivity index (χ1v) is 8.12. The van der Waals surface area contributed by atoms with Crippen LogP contribution in [0.5, 0.6) is 5.75 Å². The molecular weight excluding hydrogens is 323 g/mol. The van der Waals surface area contributed by atoms with Gasteiger partial charge in [0.05, 0.1) is 18.7 Å². The zero-order valence-electron chi connectivity index (χ0n) is 14.1. The summed E-state index contributed by atoms with van der Waals surface area (Å²) in [6, 6.07) is 10.7. The Kier molecular flexibility index (Phi) is 4.70. The standard InChI is InChI=1S/C19H19FN2O3/c1-3-25-15-8-6-14(7-9-15)22-18(23)11-17(19(22)24)21-13-5-4-12(2)16(20)10-13/h4-10,17,21H,3,11H2,1-2H3/t17-/m1/s1. The number of hydrogen-bond donors (Lipinski definition) is 1. The van der Waals surface area contributed by atoms with Gasteiger partial charge < -0.3 is 10.1 Å². The number of nitrogens with one attached hydrogen (secondary N) is 1. The number of ether oxygens (including phenoxy) is 1. The number of benzene rings is 2. The molecule has 0 bridgehead atoms. The molecule has 2 amide bonds. The molecule has 130 valence electrons. The molecule has 25 heavy (non-hydrogen) atoms. The maximum atomic E-state index is 13.7. The van der Waals surface area contributed by atoms with Crippen LogP contribution in [0.2, 0.25) is 0 Å². The second-order valence-electron chi connectivity index (χ2n) is 5.86. The van der Waals surface area contributed by atoms with E-state index in [1.54, 1.807) is 43.3 Å². The molecule has 1 N–H and O–H groups in total. The lowest BCUT2D eigenvalue weighted by atomic mass is 10.2. The molecule has 1 atom stereocenters. The molecule has 6 heteroatoms. The summed E-state index contributed by atoms with van der Waals surface area (Å²) in [5.74, 6) is -0.324. The van der Waals surface area contributed by atoms with Crippen LogP contribution in [0.4, 0.5) is 15.8 Å². The summed E-state index contributed by atoms with van der Waals surface area (Å²) in [7, 11) is 0. The van der Waals surface area contributed by atoms with Gasteiger partial charge >= 0.3 is 0 Å². The number of amides is 2. The van der Waals surface area contributed by atoms with E-state index in [1.165, 1.54) is 6.07 Å². The van der Waals surface area contributed by atoms with E-state index in [-0.39, 0.29) is 24.1 Å². The predicted molar refractivity (Wildman–Crippen MR) is 93.3 cm³/mol. The number of carbonyl (C=O) groups excluding carboxylic acids is 2. The van der Waals surface area contributed by atoms with E-state index >= 15 is 0 Å². The maximum absolute atomic E-state index is 13.7. The summed E-state index contributed by atoms with van der Waals surface area (Å²) < 4.78 is 19.0. The Morgan fingerprint density at radius 2 is 1.92 bits per heavy atom. The minimum atomic E-state index is -0.707. The van der Waals surface area contributed by atoms with E-state index in [0.717, 1.165) is 4.90 Å². The average molecular weight is 342 g/mol. The van der Waals surface area contributed by atoms with Gasteiger partial charge in [-0.1, -0.05) is 6.07 Å². The predicted octanol–water partition coefficient (Wildman–Crippen LogP) is 3.28. The van der Waals surface area contributed by atoms with Crippen molar-refractivity contribution in [3.8, 4) is 5.75 Å². The van der Waals surface area contributed by atoms with E-state index < -0.39 is 6.04 Å². The molecule has 5 nitrogen and oxygen atoms in total. The highest BCUT2D eigenvalue weighted by atomic mass is 19.1. The van der Waals surface area contributed by atoms with Gasteiger partial charge in [0.25, 0.3) is 5.91 Å². The first-order valence-electron chi connectivity index (χ1n) is 8.12. The lowest BCUT2D eigenvalue weighted by Gasteiger charge is -2.16. The van der Waals surface area contributed by atoms with Crippen molar-refractivity contribution in [2.24, 2.45) is 0 Å². The smallest absolute Gasteiger partial charge is 0.256 e. The van der Waals surface area contributed by atoms with Gasteiger partial charge in [-0.15, -0.1) is 0 Å². The van der Waals surface area contributed by atoms with Crippen molar-refractivity contribution >= 4 is 23.2 Å². The van der Waals surface area contributed by atoms with Crippen molar-refractivity contribution in [1.82, 2.24) is 0 Å². The van der Waals surface area contributed by atoms with Gasteiger partial charge in [0.15, 0.2) is 0 Å². The topological polar surface area (TPSA) is 58.6 Å². The minimum Gasteiger partial charge on any atom is -0.494 e. The third kappa shape index (κ3) is 3.47. The summed E-state index contributed by atoms with van der Waals surface area (Å²) in [5.41, 5.74) is 1.50. The van der Waals surface area contributed by atoms with Gasteiger partial charge in [0.2, 0.25) is 5.91 Å². The van der Waals surface area contributed by atoms with Crippen LogP contribution in [0.1, 0.15) is 18.9 Å². The third-order valence-electron chi connectivity index (χ3n) is 4.07. The molecule has 1 aliphatic heterocycles. The zero-order valence-corrected chi connectivity index (χ0v) is 14.1. The molecule has 2 aromatic carbocycles. The van der Waals surface area contributed by atoms with Gasteiger partial charge in [-0.25, -0.2) is 9.29 Å². The fraction of sp³-hybridized carbons (Fsp3) is 0.263. The van der Waals surface area contributed by atoms with Crippen molar-refractivity contribution < 1.29 is 18.7 Å². The van der Waals surface area contributed by atoms with Crippen LogP contribution in [0, 0.1) is 12.7 Å². The molecule has 0 unspecified atom stereocenters. The number of imide groups is 1. The largest absolute Gasteiger partial charge is 0.494 e. The lowest BCUT2D eigenvalue weighted by Crippen LogP contribution is -2.34. The highest BCUT2D eigenvalue weighted by Crippen LogP contribution is 2.27. The normalized spacial score (nSPS) is 17.1. The Hall–Kier alpha value is -2.89. The minimum absolute atomic E-state index is 0.0293.